The summed E-state index contributed by atoms with van der Waals surface area (Å²) in [5, 5.41) is 11.8. The largest absolute Gasteiger partial charge is 0.364 e. The van der Waals surface area contributed by atoms with E-state index in [0.29, 0.717) is 18.9 Å². The van der Waals surface area contributed by atoms with Crippen molar-refractivity contribution >= 4 is 5.82 Å². The van der Waals surface area contributed by atoms with Gasteiger partial charge in [-0.25, -0.2) is 4.98 Å². The number of nitrogens with zero attached hydrogens (tertiary/aromatic N) is 3. The molecule has 0 unspecified atom stereocenters. The number of hydrogen-bond donors (Lipinski definition) is 1. The summed E-state index contributed by atoms with van der Waals surface area (Å²) in [4.78, 5) is 15.7. The number of nitrogens with one attached hydrogen (secondary N) is 1. The van der Waals surface area contributed by atoms with E-state index < -0.39 is 5.41 Å². The highest BCUT2D eigenvalue weighted by atomic mass is 16.1. The second-order valence-corrected chi connectivity index (χ2v) is 4.22. The summed E-state index contributed by atoms with van der Waals surface area (Å²) in [6.07, 6.45) is 3.22. The summed E-state index contributed by atoms with van der Waals surface area (Å²) in [6.45, 7) is 6.52. The van der Waals surface area contributed by atoms with Crippen molar-refractivity contribution in [2.24, 2.45) is 5.41 Å². The highest BCUT2D eigenvalue weighted by Crippen LogP contribution is 2.12. The molecule has 0 aliphatic heterocycles. The van der Waals surface area contributed by atoms with Gasteiger partial charge in [-0.15, -0.1) is 0 Å². The van der Waals surface area contributed by atoms with Crippen LogP contribution in [0.4, 0.5) is 5.82 Å². The molecule has 0 fully saturated rings. The monoisotopic (exact) mass is 220 g/mol. The molecule has 1 aromatic heterocycles. The first kappa shape index (κ1) is 12.2. The van der Waals surface area contributed by atoms with Crippen LogP contribution >= 0.6 is 0 Å². The topological polar surface area (TPSA) is 70.7 Å². The van der Waals surface area contributed by atoms with Gasteiger partial charge < -0.3 is 9.88 Å². The molecule has 0 saturated heterocycles. The Hall–Kier alpha value is -1.83. The van der Waals surface area contributed by atoms with Gasteiger partial charge in [0.15, 0.2) is 5.82 Å². The molecule has 86 valence electrons. The minimum absolute atomic E-state index is 0.154. The van der Waals surface area contributed by atoms with Crippen LogP contribution in [0, 0.1) is 16.7 Å². The summed E-state index contributed by atoms with van der Waals surface area (Å²) in [7, 11) is 0. The summed E-state index contributed by atoms with van der Waals surface area (Å²) in [5.41, 5.74) is -0.667. The normalized spacial score (nSPS) is 10.9. The van der Waals surface area contributed by atoms with Crippen LogP contribution in [0.15, 0.2) is 17.2 Å². The van der Waals surface area contributed by atoms with E-state index in [-0.39, 0.29) is 5.56 Å². The lowest BCUT2D eigenvalue weighted by Crippen LogP contribution is -2.28. The molecule has 1 aromatic rings. The SMILES string of the molecule is CCn1ccnc(NCC(C)(C)C#N)c1=O. The minimum atomic E-state index is -0.513. The van der Waals surface area contributed by atoms with Crippen molar-refractivity contribution in [2.75, 3.05) is 11.9 Å². The predicted octanol–water partition coefficient (Wildman–Crippen LogP) is 1.22. The third-order valence-corrected chi connectivity index (χ3v) is 2.25. The van der Waals surface area contributed by atoms with Crippen molar-refractivity contribution in [3.05, 3.63) is 22.7 Å². The zero-order valence-corrected chi connectivity index (χ0v) is 9.82. The maximum Gasteiger partial charge on any atom is 0.293 e. The predicted molar refractivity (Wildman–Crippen MR) is 62.1 cm³/mol. The first-order chi connectivity index (χ1) is 7.50. The average molecular weight is 220 g/mol. The first-order valence-electron chi connectivity index (χ1n) is 5.21. The molecule has 5 heteroatoms. The van der Waals surface area contributed by atoms with Crippen LogP contribution in [0.2, 0.25) is 0 Å². The zero-order valence-electron chi connectivity index (χ0n) is 9.82. The van der Waals surface area contributed by atoms with Crippen LogP contribution in [0.3, 0.4) is 0 Å². The van der Waals surface area contributed by atoms with Gasteiger partial charge in [0.05, 0.1) is 11.5 Å². The maximum absolute atomic E-state index is 11.8. The Bertz CT molecular complexity index is 456. The molecule has 0 spiro atoms. The molecule has 0 aliphatic rings. The zero-order chi connectivity index (χ0) is 12.2. The molecule has 5 nitrogen and oxygen atoms in total. The highest BCUT2D eigenvalue weighted by molar-refractivity contribution is 5.31. The highest BCUT2D eigenvalue weighted by Gasteiger charge is 2.17. The number of nitriles is 1. The van der Waals surface area contributed by atoms with Crippen LogP contribution in [0.5, 0.6) is 0 Å². The smallest absolute Gasteiger partial charge is 0.293 e. The fourth-order valence-electron chi connectivity index (χ4n) is 1.16. The van der Waals surface area contributed by atoms with Crippen molar-refractivity contribution in [1.82, 2.24) is 9.55 Å². The standard InChI is InChI=1S/C11H16N4O/c1-4-15-6-5-13-9(10(15)16)14-8-11(2,3)7-12/h5-6H,4,8H2,1-3H3,(H,13,14). The Morgan fingerprint density at radius 2 is 2.31 bits per heavy atom. The third kappa shape index (κ3) is 2.83. The summed E-state index contributed by atoms with van der Waals surface area (Å²) < 4.78 is 1.56. The summed E-state index contributed by atoms with van der Waals surface area (Å²) in [5.74, 6) is 0.299. The number of aromatic nitrogens is 2. The molecular weight excluding hydrogens is 204 g/mol. The van der Waals surface area contributed by atoms with Crippen LogP contribution in [0.1, 0.15) is 20.8 Å². The second kappa shape index (κ2) is 4.79. The lowest BCUT2D eigenvalue weighted by Gasteiger charge is -2.16. The Morgan fingerprint density at radius 1 is 1.62 bits per heavy atom. The number of anilines is 1. The van der Waals surface area contributed by atoms with E-state index >= 15 is 0 Å². The van der Waals surface area contributed by atoms with E-state index in [1.54, 1.807) is 30.8 Å². The fourth-order valence-corrected chi connectivity index (χ4v) is 1.16. The lowest BCUT2D eigenvalue weighted by molar-refractivity contribution is 0.527. The van der Waals surface area contributed by atoms with Crippen molar-refractivity contribution < 1.29 is 0 Å². The fraction of sp³-hybridized carbons (Fsp3) is 0.545. The lowest BCUT2D eigenvalue weighted by atomic mass is 9.96. The molecule has 0 atom stereocenters. The van der Waals surface area contributed by atoms with Gasteiger partial charge in [0.25, 0.3) is 5.56 Å². The molecule has 1 rings (SSSR count). The van der Waals surface area contributed by atoms with E-state index in [0.717, 1.165) is 0 Å². The Kier molecular flexibility index (Phi) is 3.67. The minimum Gasteiger partial charge on any atom is -0.364 e. The number of rotatable bonds is 4. The summed E-state index contributed by atoms with van der Waals surface area (Å²) >= 11 is 0. The molecule has 0 bridgehead atoms. The number of hydrogen-bond acceptors (Lipinski definition) is 4. The van der Waals surface area contributed by atoms with E-state index in [9.17, 15) is 4.79 Å². The molecule has 0 aliphatic carbocycles. The van der Waals surface area contributed by atoms with Crippen molar-refractivity contribution in [1.29, 1.82) is 5.26 Å². The molecule has 0 radical (unpaired) electrons. The Labute approximate surface area is 94.7 Å². The molecule has 0 saturated carbocycles. The van der Waals surface area contributed by atoms with Gasteiger partial charge in [-0.2, -0.15) is 5.26 Å². The van der Waals surface area contributed by atoms with E-state index in [2.05, 4.69) is 16.4 Å². The molecule has 0 amide bonds. The van der Waals surface area contributed by atoms with E-state index in [1.807, 2.05) is 6.92 Å². The van der Waals surface area contributed by atoms with E-state index in [4.69, 9.17) is 5.26 Å². The molecule has 1 N–H and O–H groups in total. The van der Waals surface area contributed by atoms with Crippen molar-refractivity contribution in [2.45, 2.75) is 27.3 Å². The van der Waals surface area contributed by atoms with Gasteiger partial charge in [0.1, 0.15) is 0 Å². The van der Waals surface area contributed by atoms with Crippen LogP contribution in [0.25, 0.3) is 0 Å². The third-order valence-electron chi connectivity index (χ3n) is 2.25. The van der Waals surface area contributed by atoms with Crippen molar-refractivity contribution in [3.63, 3.8) is 0 Å². The quantitative estimate of drug-likeness (QED) is 0.828. The molecule has 1 heterocycles. The molecular formula is C11H16N4O. The van der Waals surface area contributed by atoms with Gasteiger partial charge >= 0.3 is 0 Å². The second-order valence-electron chi connectivity index (χ2n) is 4.22. The van der Waals surface area contributed by atoms with Gasteiger partial charge in [-0.3, -0.25) is 4.79 Å². The molecule has 0 aromatic carbocycles. The average Bonchev–Trinajstić information content (AvgIpc) is 2.28. The van der Waals surface area contributed by atoms with Crippen molar-refractivity contribution in [3.8, 4) is 6.07 Å². The van der Waals surface area contributed by atoms with Gasteiger partial charge in [-0.1, -0.05) is 0 Å². The number of aryl methyl sites for hydroxylation is 1. The maximum atomic E-state index is 11.8. The van der Waals surface area contributed by atoms with Gasteiger partial charge in [0, 0.05) is 25.5 Å². The van der Waals surface area contributed by atoms with E-state index in [1.165, 1.54) is 0 Å². The summed E-state index contributed by atoms with van der Waals surface area (Å²) in [6, 6.07) is 2.16. The van der Waals surface area contributed by atoms with Gasteiger partial charge in [-0.05, 0) is 20.8 Å². The first-order valence-corrected chi connectivity index (χ1v) is 5.21. The Morgan fingerprint density at radius 3 is 2.88 bits per heavy atom. The van der Waals surface area contributed by atoms with Crippen LogP contribution in [-0.4, -0.2) is 16.1 Å². The van der Waals surface area contributed by atoms with Crippen LogP contribution in [-0.2, 0) is 6.54 Å². The van der Waals surface area contributed by atoms with Gasteiger partial charge in [0.2, 0.25) is 0 Å². The van der Waals surface area contributed by atoms with Crippen LogP contribution < -0.4 is 10.9 Å². The Balaban J connectivity index is 2.84. The molecule has 16 heavy (non-hydrogen) atoms.